The van der Waals surface area contributed by atoms with E-state index in [0.29, 0.717) is 22.4 Å². The molecule has 0 N–H and O–H groups in total. The third kappa shape index (κ3) is 4.59. The van der Waals surface area contributed by atoms with Crippen molar-refractivity contribution in [1.82, 2.24) is 0 Å². The molecule has 8 heteroatoms. The van der Waals surface area contributed by atoms with Gasteiger partial charge in [0, 0.05) is 16.9 Å². The maximum atomic E-state index is 14.2. The first-order chi connectivity index (χ1) is 18.3. The molecule has 0 bridgehead atoms. The fraction of sp³-hybridized carbons (Fsp3) is 0.167. The first-order valence-electron chi connectivity index (χ1n) is 12.3. The van der Waals surface area contributed by atoms with Crippen molar-refractivity contribution >= 4 is 21.5 Å². The average molecular weight is 527 g/mol. The summed E-state index contributed by atoms with van der Waals surface area (Å²) in [6, 6.07) is 27.9. The fourth-order valence-corrected chi connectivity index (χ4v) is 6.89. The van der Waals surface area contributed by atoms with Crippen LogP contribution in [-0.2, 0) is 10.0 Å². The van der Waals surface area contributed by atoms with E-state index in [9.17, 15) is 23.3 Å². The van der Waals surface area contributed by atoms with Gasteiger partial charge >= 0.3 is 0 Å². The number of Topliss-reactive ketones (excluding diaryl/α,β-unsaturated/α-hetero) is 1. The minimum absolute atomic E-state index is 0.0414. The molecular formula is C30H26N2O5S. The van der Waals surface area contributed by atoms with Crippen molar-refractivity contribution in [3.05, 3.63) is 142 Å². The molecular weight excluding hydrogens is 500 g/mol. The molecule has 4 aromatic rings. The fourth-order valence-electron chi connectivity index (χ4n) is 5.21. The van der Waals surface area contributed by atoms with E-state index in [-0.39, 0.29) is 17.1 Å². The van der Waals surface area contributed by atoms with E-state index < -0.39 is 32.9 Å². The topological polar surface area (TPSA) is 97.6 Å². The average Bonchev–Trinajstić information content (AvgIpc) is 2.93. The number of nitrogens with zero attached hydrogens (tertiary/aromatic N) is 2. The Kier molecular flexibility index (Phi) is 6.82. The van der Waals surface area contributed by atoms with E-state index in [1.54, 1.807) is 97.1 Å². The second kappa shape index (κ2) is 10.2. The SMILES string of the molecule is Cc1ccc(S(=O)(=O)N2c3ccccc3[C@H](CC(=O)c3ccccc3)[C@@H]([N+](=O)[O-])[C@@H]2c2ccccc2)cc1. The molecule has 1 heterocycles. The van der Waals surface area contributed by atoms with Gasteiger partial charge in [0.2, 0.25) is 6.04 Å². The van der Waals surface area contributed by atoms with Gasteiger partial charge in [-0.25, -0.2) is 8.42 Å². The van der Waals surface area contributed by atoms with Crippen LogP contribution in [-0.4, -0.2) is 25.2 Å². The predicted octanol–water partition coefficient (Wildman–Crippen LogP) is 5.95. The van der Waals surface area contributed by atoms with E-state index in [1.165, 1.54) is 16.4 Å². The van der Waals surface area contributed by atoms with Gasteiger partial charge in [-0.1, -0.05) is 96.6 Å². The Morgan fingerprint density at radius 1 is 0.842 bits per heavy atom. The van der Waals surface area contributed by atoms with Gasteiger partial charge in [0.25, 0.3) is 10.0 Å². The molecule has 0 saturated carbocycles. The lowest BCUT2D eigenvalue weighted by atomic mass is 9.77. The lowest BCUT2D eigenvalue weighted by Crippen LogP contribution is -2.50. The number of anilines is 1. The Bertz CT molecular complexity index is 1570. The third-order valence-electron chi connectivity index (χ3n) is 7.03. The van der Waals surface area contributed by atoms with Crippen LogP contribution in [0.3, 0.4) is 0 Å². The number of nitro groups is 1. The highest BCUT2D eigenvalue weighted by atomic mass is 32.2. The molecule has 0 aliphatic carbocycles. The Balaban J connectivity index is 1.74. The van der Waals surface area contributed by atoms with Gasteiger partial charge in [-0.2, -0.15) is 0 Å². The highest BCUT2D eigenvalue weighted by molar-refractivity contribution is 7.92. The second-order valence-corrected chi connectivity index (χ2v) is 11.2. The summed E-state index contributed by atoms with van der Waals surface area (Å²) in [5, 5.41) is 12.8. The number of para-hydroxylation sites is 1. The van der Waals surface area contributed by atoms with Gasteiger partial charge in [0.15, 0.2) is 5.78 Å². The monoisotopic (exact) mass is 526 g/mol. The molecule has 5 rings (SSSR count). The molecule has 0 unspecified atom stereocenters. The normalized spacial score (nSPS) is 19.0. The molecule has 3 atom stereocenters. The van der Waals surface area contributed by atoms with Crippen molar-refractivity contribution in [3.8, 4) is 0 Å². The molecule has 0 fully saturated rings. The van der Waals surface area contributed by atoms with Crippen LogP contribution in [0, 0.1) is 17.0 Å². The van der Waals surface area contributed by atoms with Crippen LogP contribution < -0.4 is 4.31 Å². The van der Waals surface area contributed by atoms with Crippen LogP contribution >= 0.6 is 0 Å². The first-order valence-corrected chi connectivity index (χ1v) is 13.7. The van der Waals surface area contributed by atoms with Crippen LogP contribution in [0.1, 0.15) is 45.4 Å². The molecule has 0 amide bonds. The van der Waals surface area contributed by atoms with Crippen LogP contribution in [0.25, 0.3) is 0 Å². The van der Waals surface area contributed by atoms with Gasteiger partial charge in [-0.3, -0.25) is 19.2 Å². The standard InChI is InChI=1S/C30H26N2O5S/c1-21-16-18-24(19-17-21)38(36,37)31-27-15-9-8-14-25(27)26(20-28(33)22-10-4-2-5-11-22)30(32(34)35)29(31)23-12-6-3-7-13-23/h2-19,26,29-30H,20H2,1H3/t26-,29-,30+/m0/s1. The molecule has 1 aliphatic rings. The minimum atomic E-state index is -4.22. The quantitative estimate of drug-likeness (QED) is 0.168. The van der Waals surface area contributed by atoms with E-state index in [0.717, 1.165) is 5.56 Å². The highest BCUT2D eigenvalue weighted by Crippen LogP contribution is 2.50. The molecule has 0 radical (unpaired) electrons. The van der Waals surface area contributed by atoms with Gasteiger partial charge in [0.1, 0.15) is 6.04 Å². The zero-order valence-electron chi connectivity index (χ0n) is 20.7. The summed E-state index contributed by atoms with van der Waals surface area (Å²) in [5.41, 5.74) is 2.63. The summed E-state index contributed by atoms with van der Waals surface area (Å²) in [5.74, 6) is -1.08. The lowest BCUT2D eigenvalue weighted by molar-refractivity contribution is -0.531. The minimum Gasteiger partial charge on any atom is -0.294 e. The zero-order chi connectivity index (χ0) is 26.9. The van der Waals surface area contributed by atoms with Crippen molar-refractivity contribution in [2.24, 2.45) is 0 Å². The molecule has 1 aliphatic heterocycles. The Labute approximate surface area is 221 Å². The lowest BCUT2D eigenvalue weighted by Gasteiger charge is -2.42. The van der Waals surface area contributed by atoms with Crippen molar-refractivity contribution < 1.29 is 18.1 Å². The Morgan fingerprint density at radius 3 is 2.05 bits per heavy atom. The van der Waals surface area contributed by atoms with E-state index in [1.807, 2.05) is 6.92 Å². The van der Waals surface area contributed by atoms with Crippen LogP contribution in [0.4, 0.5) is 5.69 Å². The number of hydrogen-bond donors (Lipinski definition) is 0. The highest BCUT2D eigenvalue weighted by Gasteiger charge is 2.53. The van der Waals surface area contributed by atoms with Crippen molar-refractivity contribution in [1.29, 1.82) is 0 Å². The molecule has 4 aromatic carbocycles. The summed E-state index contributed by atoms with van der Waals surface area (Å²) < 4.78 is 29.6. The number of aryl methyl sites for hydroxylation is 1. The summed E-state index contributed by atoms with van der Waals surface area (Å²) in [6.07, 6.45) is -0.131. The summed E-state index contributed by atoms with van der Waals surface area (Å²) in [7, 11) is -4.22. The smallest absolute Gasteiger partial charge is 0.265 e. The molecule has 38 heavy (non-hydrogen) atoms. The van der Waals surface area contributed by atoms with Crippen LogP contribution in [0.5, 0.6) is 0 Å². The Morgan fingerprint density at radius 2 is 1.42 bits per heavy atom. The third-order valence-corrected chi connectivity index (χ3v) is 8.84. The number of ketones is 1. The number of sulfonamides is 1. The number of carbonyl (C=O) groups excluding carboxylic acids is 1. The van der Waals surface area contributed by atoms with Crippen molar-refractivity contribution in [2.75, 3.05) is 4.31 Å². The molecule has 0 saturated heterocycles. The van der Waals surface area contributed by atoms with Gasteiger partial charge < -0.3 is 0 Å². The number of hydrogen-bond acceptors (Lipinski definition) is 5. The summed E-state index contributed by atoms with van der Waals surface area (Å²) in [4.78, 5) is 25.7. The number of carbonyl (C=O) groups is 1. The summed E-state index contributed by atoms with van der Waals surface area (Å²) in [6.45, 7) is 1.86. The maximum Gasteiger partial charge on any atom is 0.265 e. The molecule has 0 spiro atoms. The predicted molar refractivity (Wildman–Crippen MR) is 145 cm³/mol. The van der Waals surface area contributed by atoms with E-state index in [2.05, 4.69) is 0 Å². The van der Waals surface area contributed by atoms with Crippen LogP contribution in [0.15, 0.2) is 114 Å². The van der Waals surface area contributed by atoms with Crippen molar-refractivity contribution in [3.63, 3.8) is 0 Å². The van der Waals surface area contributed by atoms with Gasteiger partial charge in [-0.05, 0) is 36.2 Å². The van der Waals surface area contributed by atoms with Crippen LogP contribution in [0.2, 0.25) is 0 Å². The molecule has 7 nitrogen and oxygen atoms in total. The van der Waals surface area contributed by atoms with E-state index >= 15 is 0 Å². The summed E-state index contributed by atoms with van der Waals surface area (Å²) >= 11 is 0. The van der Waals surface area contributed by atoms with Gasteiger partial charge in [-0.15, -0.1) is 0 Å². The second-order valence-electron chi connectivity index (χ2n) is 9.40. The molecule has 0 aromatic heterocycles. The maximum absolute atomic E-state index is 14.2. The number of fused-ring (bicyclic) bond motifs is 1. The van der Waals surface area contributed by atoms with E-state index in [4.69, 9.17) is 0 Å². The Hall–Kier alpha value is -4.30. The molecule has 192 valence electrons. The zero-order valence-corrected chi connectivity index (χ0v) is 21.5. The van der Waals surface area contributed by atoms with Crippen molar-refractivity contribution in [2.45, 2.75) is 36.2 Å². The largest absolute Gasteiger partial charge is 0.294 e. The van der Waals surface area contributed by atoms with Gasteiger partial charge in [0.05, 0.1) is 16.5 Å². The number of benzene rings is 4. The first kappa shape index (κ1) is 25.4. The number of rotatable bonds is 7.